The lowest BCUT2D eigenvalue weighted by atomic mass is 9.80. The van der Waals surface area contributed by atoms with Crippen molar-refractivity contribution in [3.05, 3.63) is 211 Å². The average molecular weight is 940 g/mol. The molecule has 11 aromatic rings. The topological polar surface area (TPSA) is 38.5 Å². The molecule has 0 bridgehead atoms. The molecule has 0 saturated heterocycles. The molecule has 0 aliphatic carbocycles. The lowest BCUT2D eigenvalue weighted by molar-refractivity contribution is 0.483. The van der Waals surface area contributed by atoms with Crippen molar-refractivity contribution in [1.29, 1.82) is 0 Å². The summed E-state index contributed by atoms with van der Waals surface area (Å²) in [6.07, 6.45) is 1.94. The highest BCUT2D eigenvalue weighted by Crippen LogP contribution is 2.51. The Bertz CT molecular complexity index is 3810. The highest BCUT2D eigenvalue weighted by molar-refractivity contribution is 6.12. The fourth-order valence-corrected chi connectivity index (χ4v) is 10.7. The van der Waals surface area contributed by atoms with Crippen molar-refractivity contribution < 1.29 is 4.74 Å². The number of anilines is 4. The summed E-state index contributed by atoms with van der Waals surface area (Å²) in [5.74, 6) is 2.39. The van der Waals surface area contributed by atoms with E-state index in [1.165, 1.54) is 61.0 Å². The number of aromatic nitrogens is 3. The number of ether oxygens (including phenoxy) is 1. The number of rotatable bonds is 7. The number of hydrogen-bond donors (Lipinski definition) is 0. The van der Waals surface area contributed by atoms with Crippen LogP contribution in [0.4, 0.5) is 22.7 Å². The Balaban J connectivity index is 0.968. The summed E-state index contributed by atoms with van der Waals surface area (Å²) in [4.78, 5) is 9.97. The number of pyridine rings is 1. The van der Waals surface area contributed by atoms with Gasteiger partial charge in [0, 0.05) is 62.5 Å². The highest BCUT2D eigenvalue weighted by atomic mass is 16.5. The number of nitrogens with zero attached hydrogens (tertiary/aromatic N) is 5. The molecule has 12 rings (SSSR count). The molecule has 8 aromatic carbocycles. The van der Waals surface area contributed by atoms with Crippen molar-refractivity contribution in [1.82, 2.24) is 14.1 Å². The number of benzene rings is 8. The van der Waals surface area contributed by atoms with Crippen molar-refractivity contribution in [3.8, 4) is 34.1 Å². The number of para-hydroxylation sites is 3. The number of fused-ring (bicyclic) bond motifs is 7. The molecule has 0 spiro atoms. The van der Waals surface area contributed by atoms with Crippen LogP contribution < -0.4 is 14.5 Å². The summed E-state index contributed by atoms with van der Waals surface area (Å²) in [5, 5.41) is 4.77. The smallest absolute Gasteiger partial charge is 0.137 e. The van der Waals surface area contributed by atoms with Gasteiger partial charge in [0.15, 0.2) is 0 Å². The summed E-state index contributed by atoms with van der Waals surface area (Å²) in [7, 11) is 0. The number of hydrogen-bond acceptors (Lipinski definition) is 4. The summed E-state index contributed by atoms with van der Waals surface area (Å²) in [6.45, 7) is 21.3. The maximum atomic E-state index is 6.95. The molecule has 0 radical (unpaired) electrons. The van der Waals surface area contributed by atoms with E-state index in [-0.39, 0.29) is 16.2 Å². The molecule has 3 aromatic heterocycles. The molecule has 0 saturated carbocycles. The second-order valence-electron chi connectivity index (χ2n) is 22.6. The molecule has 6 heteroatoms. The van der Waals surface area contributed by atoms with Crippen molar-refractivity contribution >= 4 is 66.4 Å². The van der Waals surface area contributed by atoms with Crippen LogP contribution in [0.1, 0.15) is 79.0 Å². The fraction of sp³-hybridized carbons (Fsp3) is 0.197. The summed E-state index contributed by atoms with van der Waals surface area (Å²) >= 11 is 0. The van der Waals surface area contributed by atoms with Crippen molar-refractivity contribution in [2.45, 2.75) is 78.6 Å². The van der Waals surface area contributed by atoms with Crippen molar-refractivity contribution in [3.63, 3.8) is 0 Å². The Morgan fingerprint density at radius 2 is 1.03 bits per heavy atom. The summed E-state index contributed by atoms with van der Waals surface area (Å²) in [6, 6.07) is 68.4. The third-order valence-electron chi connectivity index (χ3n) is 14.7. The Labute approximate surface area is 423 Å². The first-order chi connectivity index (χ1) is 34.6. The van der Waals surface area contributed by atoms with Gasteiger partial charge in [-0.15, -0.1) is 0 Å². The van der Waals surface area contributed by atoms with Crippen LogP contribution in [0, 0.1) is 0 Å². The molecule has 0 unspecified atom stereocenters. The van der Waals surface area contributed by atoms with Crippen LogP contribution in [0.25, 0.3) is 66.2 Å². The van der Waals surface area contributed by atoms with E-state index in [1.807, 2.05) is 6.20 Å². The van der Waals surface area contributed by atoms with Crippen LogP contribution in [0.3, 0.4) is 0 Å². The van der Waals surface area contributed by atoms with E-state index in [9.17, 15) is 0 Å². The van der Waals surface area contributed by atoms with Gasteiger partial charge in [0.1, 0.15) is 24.0 Å². The van der Waals surface area contributed by atoms with E-state index in [4.69, 9.17) is 9.72 Å². The molecule has 0 N–H and O–H groups in total. The first-order valence-electron chi connectivity index (χ1n) is 25.3. The van der Waals surface area contributed by atoms with Gasteiger partial charge in [-0.1, -0.05) is 153 Å². The molecule has 0 atom stereocenters. The van der Waals surface area contributed by atoms with Gasteiger partial charge in [0.05, 0.1) is 33.4 Å². The monoisotopic (exact) mass is 939 g/mol. The predicted molar refractivity (Wildman–Crippen MR) is 303 cm³/mol. The lowest BCUT2D eigenvalue weighted by Crippen LogP contribution is -2.25. The van der Waals surface area contributed by atoms with Crippen molar-refractivity contribution in [2.24, 2.45) is 0 Å². The van der Waals surface area contributed by atoms with Gasteiger partial charge in [0.25, 0.3) is 0 Å². The fourth-order valence-electron chi connectivity index (χ4n) is 10.7. The van der Waals surface area contributed by atoms with Crippen LogP contribution >= 0.6 is 0 Å². The van der Waals surface area contributed by atoms with Crippen molar-refractivity contribution in [2.75, 3.05) is 16.5 Å². The first kappa shape index (κ1) is 45.1. The third-order valence-corrected chi connectivity index (χ3v) is 14.7. The van der Waals surface area contributed by atoms with E-state index >= 15 is 0 Å². The van der Waals surface area contributed by atoms with Crippen LogP contribution in [0.15, 0.2) is 194 Å². The van der Waals surface area contributed by atoms with Crippen LogP contribution in [0.5, 0.6) is 11.5 Å². The minimum atomic E-state index is -0.0543. The largest absolute Gasteiger partial charge is 0.457 e. The first-order valence-corrected chi connectivity index (χ1v) is 25.3. The highest BCUT2D eigenvalue weighted by Gasteiger charge is 2.33. The average Bonchev–Trinajstić information content (AvgIpc) is 4.04. The molecule has 356 valence electrons. The molecule has 1 aliphatic rings. The van der Waals surface area contributed by atoms with E-state index in [0.29, 0.717) is 6.67 Å². The van der Waals surface area contributed by atoms with E-state index in [1.54, 1.807) is 0 Å². The molecule has 72 heavy (non-hydrogen) atoms. The van der Waals surface area contributed by atoms with Gasteiger partial charge >= 0.3 is 0 Å². The maximum absolute atomic E-state index is 6.95. The van der Waals surface area contributed by atoms with E-state index < -0.39 is 0 Å². The molecule has 0 fully saturated rings. The van der Waals surface area contributed by atoms with Crippen LogP contribution in [-0.4, -0.2) is 20.8 Å². The molecular weight excluding hydrogens is 879 g/mol. The normalized spacial score (nSPS) is 13.2. The molecule has 6 nitrogen and oxygen atoms in total. The third kappa shape index (κ3) is 7.77. The molecule has 4 heterocycles. The molecule has 1 aliphatic heterocycles. The Hall–Kier alpha value is -8.09. The Kier molecular flexibility index (Phi) is 10.5. The standard InChI is InChI=1S/C66H61N5O/c1-64(2,3)44-33-34-67-62(38-44)71-59-32-29-48(70-57-26-15-13-23-53(57)54-24-14-16-27-58(54)70)40-56(59)55-31-30-51(41-61(55)71)72-50-22-17-21-47(39-50)68-42-69(49-36-45(65(4,5)6)35-46(37-49)66(7,8)9)63-52(25-18-28-60(63)68)43-19-11-10-12-20-43/h10-41H,42H2,1-9H3. The quantitative estimate of drug-likeness (QED) is 0.160. The van der Waals surface area contributed by atoms with Gasteiger partial charge in [0.2, 0.25) is 0 Å². The van der Waals surface area contributed by atoms with Gasteiger partial charge < -0.3 is 19.1 Å². The zero-order chi connectivity index (χ0) is 49.7. The van der Waals surface area contributed by atoms with Gasteiger partial charge in [-0.3, -0.25) is 4.57 Å². The van der Waals surface area contributed by atoms with Gasteiger partial charge in [-0.2, -0.15) is 0 Å². The minimum absolute atomic E-state index is 0.0242. The molecular formula is C66H61N5O. The van der Waals surface area contributed by atoms with E-state index in [2.05, 4.69) is 269 Å². The lowest BCUT2D eigenvalue weighted by Gasteiger charge is -2.30. The zero-order valence-corrected chi connectivity index (χ0v) is 42.8. The summed E-state index contributed by atoms with van der Waals surface area (Å²) < 4.78 is 11.6. The van der Waals surface area contributed by atoms with Crippen LogP contribution in [0.2, 0.25) is 0 Å². The van der Waals surface area contributed by atoms with Crippen LogP contribution in [-0.2, 0) is 16.2 Å². The second kappa shape index (κ2) is 16.8. The van der Waals surface area contributed by atoms with E-state index in [0.717, 1.165) is 56.2 Å². The minimum Gasteiger partial charge on any atom is -0.457 e. The SMILES string of the molecule is CC(C)(C)c1cc(N2CN(c3cccc(Oc4ccc5c6cc(-n7c8ccccc8c8ccccc87)ccc6n(-c6cc(C(C)(C)C)ccn6)c5c4)c3)c3cccc(-c4ccccc4)c32)cc(C(C)(C)C)c1. The predicted octanol–water partition coefficient (Wildman–Crippen LogP) is 17.9. The summed E-state index contributed by atoms with van der Waals surface area (Å²) in [5.41, 5.74) is 16.4. The Morgan fingerprint density at radius 3 is 1.72 bits per heavy atom. The maximum Gasteiger partial charge on any atom is 0.137 e. The zero-order valence-electron chi connectivity index (χ0n) is 42.8. The van der Waals surface area contributed by atoms with Gasteiger partial charge in [-0.05, 0) is 123 Å². The molecule has 0 amide bonds. The van der Waals surface area contributed by atoms with Gasteiger partial charge in [-0.25, -0.2) is 4.98 Å². The second-order valence-corrected chi connectivity index (χ2v) is 22.6. The Morgan fingerprint density at radius 1 is 0.403 bits per heavy atom.